The summed E-state index contributed by atoms with van der Waals surface area (Å²) < 4.78 is 5.65. The normalized spacial score (nSPS) is 14.6. The van der Waals surface area contributed by atoms with Crippen molar-refractivity contribution in [2.75, 3.05) is 16.8 Å². The van der Waals surface area contributed by atoms with Crippen molar-refractivity contribution in [3.63, 3.8) is 0 Å². The summed E-state index contributed by atoms with van der Waals surface area (Å²) in [5, 5.41) is 5.23. The van der Waals surface area contributed by atoms with Crippen LogP contribution in [-0.2, 0) is 14.4 Å². The first-order chi connectivity index (χ1) is 16.8. The smallest absolute Gasteiger partial charge is 0.335 e. The van der Waals surface area contributed by atoms with Crippen LogP contribution in [0.5, 0.6) is 5.75 Å². The number of nitrogens with zero attached hydrogens (tertiary/aromatic N) is 1. The van der Waals surface area contributed by atoms with Gasteiger partial charge < -0.3 is 10.1 Å². The molecule has 0 spiro atoms. The summed E-state index contributed by atoms with van der Waals surface area (Å²) in [6.07, 6.45) is 1.32. The number of carbonyl (C=O) groups is 4. The van der Waals surface area contributed by atoms with E-state index in [4.69, 9.17) is 16.3 Å². The van der Waals surface area contributed by atoms with Gasteiger partial charge in [0.2, 0.25) is 0 Å². The fourth-order valence-electron chi connectivity index (χ4n) is 3.45. The molecule has 0 bridgehead atoms. The predicted molar refractivity (Wildman–Crippen MR) is 132 cm³/mol. The maximum Gasteiger partial charge on any atom is 0.335 e. The van der Waals surface area contributed by atoms with Crippen molar-refractivity contribution in [2.45, 2.75) is 6.92 Å². The first kappa shape index (κ1) is 23.7. The van der Waals surface area contributed by atoms with E-state index in [1.54, 1.807) is 67.6 Å². The van der Waals surface area contributed by atoms with Crippen LogP contribution >= 0.6 is 11.6 Å². The highest BCUT2D eigenvalue weighted by atomic mass is 35.5. The third-order valence-corrected chi connectivity index (χ3v) is 5.38. The van der Waals surface area contributed by atoms with Crippen molar-refractivity contribution in [1.29, 1.82) is 0 Å². The number of para-hydroxylation sites is 2. The highest BCUT2D eigenvalue weighted by Crippen LogP contribution is 2.29. The van der Waals surface area contributed by atoms with Gasteiger partial charge in [0, 0.05) is 16.3 Å². The largest absolute Gasteiger partial charge is 0.483 e. The van der Waals surface area contributed by atoms with E-state index in [1.807, 2.05) is 6.07 Å². The molecule has 0 saturated carbocycles. The van der Waals surface area contributed by atoms with Crippen LogP contribution in [0.4, 0.5) is 16.2 Å². The van der Waals surface area contributed by atoms with Crippen LogP contribution in [0.2, 0.25) is 5.02 Å². The Kier molecular flexibility index (Phi) is 6.93. The van der Waals surface area contributed by atoms with Crippen LogP contribution in [0, 0.1) is 6.92 Å². The Hall–Kier alpha value is -4.43. The van der Waals surface area contributed by atoms with Crippen molar-refractivity contribution in [1.82, 2.24) is 5.32 Å². The zero-order valence-corrected chi connectivity index (χ0v) is 19.3. The average molecular weight is 490 g/mol. The lowest BCUT2D eigenvalue weighted by molar-refractivity contribution is -0.122. The van der Waals surface area contributed by atoms with Crippen molar-refractivity contribution in [3.8, 4) is 5.75 Å². The molecule has 0 aliphatic carbocycles. The number of halogens is 1. The second kappa shape index (κ2) is 10.2. The SMILES string of the molecule is Cc1ccc(Cl)cc1N1C(=O)NC(=O)C(=Cc2ccccc2OCC(=O)Nc2ccccc2)C1=O. The number of anilines is 2. The molecule has 4 rings (SSSR count). The molecule has 1 aliphatic rings. The Morgan fingerprint density at radius 3 is 2.51 bits per heavy atom. The van der Waals surface area contributed by atoms with Gasteiger partial charge in [0.05, 0.1) is 5.69 Å². The quantitative estimate of drug-likeness (QED) is 0.396. The second-order valence-corrected chi connectivity index (χ2v) is 8.07. The van der Waals surface area contributed by atoms with Gasteiger partial charge in [-0.15, -0.1) is 0 Å². The third-order valence-electron chi connectivity index (χ3n) is 5.15. The van der Waals surface area contributed by atoms with Gasteiger partial charge in [-0.25, -0.2) is 9.69 Å². The Balaban J connectivity index is 1.58. The van der Waals surface area contributed by atoms with Gasteiger partial charge in [-0.1, -0.05) is 54.1 Å². The van der Waals surface area contributed by atoms with Gasteiger partial charge in [-0.05, 0) is 48.9 Å². The van der Waals surface area contributed by atoms with Gasteiger partial charge in [0.1, 0.15) is 11.3 Å². The number of aryl methyl sites for hydroxylation is 1. The van der Waals surface area contributed by atoms with E-state index in [9.17, 15) is 19.2 Å². The highest BCUT2D eigenvalue weighted by Gasteiger charge is 2.37. The zero-order chi connectivity index (χ0) is 24.9. The molecule has 1 aliphatic heterocycles. The van der Waals surface area contributed by atoms with E-state index in [0.717, 1.165) is 4.90 Å². The Labute approximate surface area is 206 Å². The molecule has 8 nitrogen and oxygen atoms in total. The van der Waals surface area contributed by atoms with Gasteiger partial charge in [-0.3, -0.25) is 19.7 Å². The van der Waals surface area contributed by atoms with E-state index in [0.29, 0.717) is 21.8 Å². The molecule has 1 fully saturated rings. The fourth-order valence-corrected chi connectivity index (χ4v) is 3.61. The molecule has 3 aromatic carbocycles. The van der Waals surface area contributed by atoms with Crippen molar-refractivity contribution in [2.24, 2.45) is 0 Å². The molecule has 5 amide bonds. The van der Waals surface area contributed by atoms with Crippen LogP contribution in [0.25, 0.3) is 6.08 Å². The number of benzene rings is 3. The minimum Gasteiger partial charge on any atom is -0.483 e. The summed E-state index contributed by atoms with van der Waals surface area (Å²) in [6.45, 7) is 1.43. The van der Waals surface area contributed by atoms with Crippen LogP contribution in [0.15, 0.2) is 78.4 Å². The fraction of sp³-hybridized carbons (Fsp3) is 0.0769. The predicted octanol–water partition coefficient (Wildman–Crippen LogP) is 4.33. The Morgan fingerprint density at radius 2 is 1.74 bits per heavy atom. The summed E-state index contributed by atoms with van der Waals surface area (Å²) >= 11 is 6.06. The summed E-state index contributed by atoms with van der Waals surface area (Å²) in [5.74, 6) is -1.74. The zero-order valence-electron chi connectivity index (χ0n) is 18.6. The number of rotatable bonds is 6. The van der Waals surface area contributed by atoms with E-state index in [1.165, 1.54) is 12.1 Å². The molecule has 0 aromatic heterocycles. The lowest BCUT2D eigenvalue weighted by atomic mass is 10.1. The summed E-state index contributed by atoms with van der Waals surface area (Å²) in [6, 6.07) is 19.5. The van der Waals surface area contributed by atoms with Gasteiger partial charge >= 0.3 is 6.03 Å². The molecule has 0 atom stereocenters. The molecule has 176 valence electrons. The van der Waals surface area contributed by atoms with Crippen LogP contribution in [-0.4, -0.2) is 30.4 Å². The maximum atomic E-state index is 13.2. The van der Waals surface area contributed by atoms with E-state index in [2.05, 4.69) is 10.6 Å². The van der Waals surface area contributed by atoms with E-state index >= 15 is 0 Å². The van der Waals surface area contributed by atoms with Crippen LogP contribution in [0.1, 0.15) is 11.1 Å². The minimum absolute atomic E-state index is 0.264. The number of imide groups is 2. The number of barbiturate groups is 1. The topological polar surface area (TPSA) is 105 Å². The molecule has 9 heteroatoms. The second-order valence-electron chi connectivity index (χ2n) is 7.63. The molecule has 1 saturated heterocycles. The molecular formula is C26H20ClN3O5. The highest BCUT2D eigenvalue weighted by molar-refractivity contribution is 6.39. The molecule has 0 radical (unpaired) electrons. The first-order valence-corrected chi connectivity index (χ1v) is 11.0. The van der Waals surface area contributed by atoms with Crippen LogP contribution in [0.3, 0.4) is 0 Å². The van der Waals surface area contributed by atoms with Gasteiger partial charge in [0.25, 0.3) is 17.7 Å². The van der Waals surface area contributed by atoms with Crippen LogP contribution < -0.4 is 20.3 Å². The lowest BCUT2D eigenvalue weighted by Gasteiger charge is -2.27. The van der Waals surface area contributed by atoms with Gasteiger partial charge in [-0.2, -0.15) is 0 Å². The lowest BCUT2D eigenvalue weighted by Crippen LogP contribution is -2.54. The number of nitrogens with one attached hydrogen (secondary N) is 2. The number of urea groups is 1. The summed E-state index contributed by atoms with van der Waals surface area (Å²) in [5.41, 5.74) is 1.63. The standard InChI is InChI=1S/C26H20ClN3O5/c1-16-11-12-18(27)14-21(16)30-25(33)20(24(32)29-26(30)34)13-17-7-5-6-10-22(17)35-15-23(31)28-19-8-3-2-4-9-19/h2-14H,15H2,1H3,(H,28,31)(H,29,32,34). The average Bonchev–Trinajstić information content (AvgIpc) is 2.83. The number of amides is 5. The molecule has 1 heterocycles. The molecule has 2 N–H and O–H groups in total. The number of carbonyl (C=O) groups excluding carboxylic acids is 4. The van der Waals surface area contributed by atoms with Crippen molar-refractivity contribution >= 4 is 52.8 Å². The minimum atomic E-state index is -0.871. The molecule has 35 heavy (non-hydrogen) atoms. The van der Waals surface area contributed by atoms with Crippen molar-refractivity contribution < 1.29 is 23.9 Å². The third kappa shape index (κ3) is 5.39. The molecule has 0 unspecified atom stereocenters. The van der Waals surface area contributed by atoms with Crippen molar-refractivity contribution in [3.05, 3.63) is 94.5 Å². The first-order valence-electron chi connectivity index (χ1n) is 10.6. The molecule has 3 aromatic rings. The Bertz CT molecular complexity index is 1350. The summed E-state index contributed by atoms with van der Waals surface area (Å²) in [7, 11) is 0. The van der Waals surface area contributed by atoms with E-state index in [-0.39, 0.29) is 29.5 Å². The monoisotopic (exact) mass is 489 g/mol. The number of hydrogen-bond acceptors (Lipinski definition) is 5. The Morgan fingerprint density at radius 1 is 1.03 bits per heavy atom. The summed E-state index contributed by atoms with van der Waals surface area (Å²) in [4.78, 5) is 51.4. The number of ether oxygens (including phenoxy) is 1. The van der Waals surface area contributed by atoms with E-state index < -0.39 is 17.8 Å². The van der Waals surface area contributed by atoms with Gasteiger partial charge in [0.15, 0.2) is 6.61 Å². The number of hydrogen-bond donors (Lipinski definition) is 2. The molecular weight excluding hydrogens is 470 g/mol. The maximum absolute atomic E-state index is 13.2.